The van der Waals surface area contributed by atoms with Crippen LogP contribution in [0.4, 0.5) is 0 Å². The Labute approximate surface area is 210 Å². The molecule has 168 valence electrons. The van der Waals surface area contributed by atoms with Crippen LogP contribution in [0.5, 0.6) is 0 Å². The topological polar surface area (TPSA) is 12.9 Å². The van der Waals surface area contributed by atoms with Crippen molar-refractivity contribution in [2.24, 2.45) is 0 Å². The van der Waals surface area contributed by atoms with Gasteiger partial charge in [0.1, 0.15) is 0 Å². The van der Waals surface area contributed by atoms with Gasteiger partial charge in [-0.25, -0.2) is 0 Å². The average Bonchev–Trinajstić information content (AvgIpc) is 2.96. The Morgan fingerprint density at radius 2 is 0.806 bits per heavy atom. The Morgan fingerprint density at radius 1 is 0.333 bits per heavy atom. The van der Waals surface area contributed by atoms with Crippen molar-refractivity contribution in [3.05, 3.63) is 140 Å². The Morgan fingerprint density at radius 3 is 1.39 bits per heavy atom. The van der Waals surface area contributed by atoms with Crippen LogP contribution in [-0.2, 0) is 0 Å². The number of hydrogen-bond donors (Lipinski definition) is 0. The lowest BCUT2D eigenvalue weighted by Crippen LogP contribution is -1.92. The van der Waals surface area contributed by atoms with E-state index in [4.69, 9.17) is 0 Å². The molecule has 0 atom stereocenters. The van der Waals surface area contributed by atoms with Crippen molar-refractivity contribution in [1.29, 1.82) is 0 Å². The van der Waals surface area contributed by atoms with Gasteiger partial charge >= 0.3 is 0 Å². The molecule has 1 heterocycles. The molecule has 0 saturated carbocycles. The molecule has 0 unspecified atom stereocenters. The van der Waals surface area contributed by atoms with E-state index in [2.05, 4.69) is 126 Å². The molecule has 0 amide bonds. The molecule has 6 aromatic carbocycles. The zero-order chi connectivity index (χ0) is 23.9. The Kier molecular flexibility index (Phi) is 4.85. The summed E-state index contributed by atoms with van der Waals surface area (Å²) in [6.45, 7) is 0. The minimum atomic E-state index is 1.14. The third kappa shape index (κ3) is 3.21. The van der Waals surface area contributed by atoms with Crippen molar-refractivity contribution in [3.63, 3.8) is 0 Å². The van der Waals surface area contributed by atoms with Gasteiger partial charge in [0.15, 0.2) is 0 Å². The number of hydrogen-bond acceptors (Lipinski definition) is 1. The standard InChI is InChI=1S/C35H23N/c1-2-11-24(12-3-1)26-20-21-33(28-15-5-4-14-27(26)28)35-31-18-8-6-16-29(31)34(25-13-10-22-36-23-25)30-17-7-9-19-32(30)35/h1-23H. The van der Waals surface area contributed by atoms with Gasteiger partial charge in [-0.05, 0) is 66.2 Å². The number of pyridine rings is 1. The van der Waals surface area contributed by atoms with Crippen molar-refractivity contribution in [3.8, 4) is 33.4 Å². The molecule has 7 aromatic rings. The molecule has 0 spiro atoms. The SMILES string of the molecule is c1ccc(-c2ccc(-c3c4ccccc4c(-c4cccnc4)c4ccccc34)c3ccccc23)cc1. The lowest BCUT2D eigenvalue weighted by molar-refractivity contribution is 1.33. The van der Waals surface area contributed by atoms with Crippen LogP contribution < -0.4 is 0 Å². The fourth-order valence-corrected chi connectivity index (χ4v) is 5.63. The molecule has 0 aliphatic rings. The first-order valence-electron chi connectivity index (χ1n) is 12.3. The van der Waals surface area contributed by atoms with E-state index in [1.54, 1.807) is 0 Å². The van der Waals surface area contributed by atoms with Crippen LogP contribution in [0.25, 0.3) is 65.7 Å². The molecule has 0 fully saturated rings. The van der Waals surface area contributed by atoms with Crippen molar-refractivity contribution >= 4 is 32.3 Å². The molecule has 0 N–H and O–H groups in total. The van der Waals surface area contributed by atoms with Crippen LogP contribution in [-0.4, -0.2) is 4.98 Å². The average molecular weight is 458 g/mol. The van der Waals surface area contributed by atoms with Crippen molar-refractivity contribution in [2.45, 2.75) is 0 Å². The second-order valence-electron chi connectivity index (χ2n) is 9.16. The van der Waals surface area contributed by atoms with Gasteiger partial charge in [-0.2, -0.15) is 0 Å². The van der Waals surface area contributed by atoms with Crippen LogP contribution in [0.3, 0.4) is 0 Å². The van der Waals surface area contributed by atoms with Gasteiger partial charge in [0.05, 0.1) is 0 Å². The first kappa shape index (κ1) is 20.6. The van der Waals surface area contributed by atoms with Crippen LogP contribution in [0.15, 0.2) is 140 Å². The largest absolute Gasteiger partial charge is 0.264 e. The first-order chi connectivity index (χ1) is 17.9. The summed E-state index contributed by atoms with van der Waals surface area (Å²) in [5, 5.41) is 7.54. The monoisotopic (exact) mass is 457 g/mol. The molecule has 0 bridgehead atoms. The second kappa shape index (κ2) is 8.48. The fraction of sp³-hybridized carbons (Fsp3) is 0. The van der Waals surface area contributed by atoms with E-state index in [9.17, 15) is 0 Å². The number of fused-ring (bicyclic) bond motifs is 3. The predicted octanol–water partition coefficient (Wildman–Crippen LogP) is 9.54. The highest BCUT2D eigenvalue weighted by atomic mass is 14.6. The van der Waals surface area contributed by atoms with Crippen molar-refractivity contribution in [2.75, 3.05) is 0 Å². The highest BCUT2D eigenvalue weighted by Gasteiger charge is 2.18. The third-order valence-corrected chi connectivity index (χ3v) is 7.16. The summed E-state index contributed by atoms with van der Waals surface area (Å²) in [5.74, 6) is 0. The van der Waals surface area contributed by atoms with Crippen molar-refractivity contribution < 1.29 is 0 Å². The Hall–Kier alpha value is -4.75. The van der Waals surface area contributed by atoms with E-state index < -0.39 is 0 Å². The van der Waals surface area contributed by atoms with Gasteiger partial charge in [-0.1, -0.05) is 121 Å². The second-order valence-corrected chi connectivity index (χ2v) is 9.16. The number of nitrogens with zero attached hydrogens (tertiary/aromatic N) is 1. The molecule has 0 aliphatic heterocycles. The molecule has 1 heteroatoms. The van der Waals surface area contributed by atoms with E-state index in [0.717, 1.165) is 5.56 Å². The Balaban J connectivity index is 1.62. The summed E-state index contributed by atoms with van der Waals surface area (Å²) in [6, 6.07) is 45.8. The normalized spacial score (nSPS) is 11.3. The Bertz CT molecular complexity index is 1810. The summed E-state index contributed by atoms with van der Waals surface area (Å²) in [7, 11) is 0. The maximum Gasteiger partial charge on any atom is 0.0346 e. The highest BCUT2D eigenvalue weighted by Crippen LogP contribution is 2.46. The smallest absolute Gasteiger partial charge is 0.0346 e. The molecule has 0 radical (unpaired) electrons. The van der Waals surface area contributed by atoms with Crippen LogP contribution >= 0.6 is 0 Å². The van der Waals surface area contributed by atoms with Gasteiger partial charge in [0.25, 0.3) is 0 Å². The van der Waals surface area contributed by atoms with Gasteiger partial charge in [0.2, 0.25) is 0 Å². The zero-order valence-electron chi connectivity index (χ0n) is 19.7. The first-order valence-corrected chi connectivity index (χ1v) is 12.3. The predicted molar refractivity (Wildman–Crippen MR) is 153 cm³/mol. The van der Waals surface area contributed by atoms with Crippen LogP contribution in [0, 0.1) is 0 Å². The molecule has 0 saturated heterocycles. The number of aromatic nitrogens is 1. The van der Waals surface area contributed by atoms with Crippen LogP contribution in [0.1, 0.15) is 0 Å². The fourth-order valence-electron chi connectivity index (χ4n) is 5.63. The van der Waals surface area contributed by atoms with E-state index in [1.165, 1.54) is 60.1 Å². The van der Waals surface area contributed by atoms with Gasteiger partial charge in [-0.3, -0.25) is 4.98 Å². The van der Waals surface area contributed by atoms with Crippen LogP contribution in [0.2, 0.25) is 0 Å². The minimum absolute atomic E-state index is 1.14. The molecular formula is C35H23N. The lowest BCUT2D eigenvalue weighted by atomic mass is 9.84. The molecule has 7 rings (SSSR count). The summed E-state index contributed by atoms with van der Waals surface area (Å²) in [6.07, 6.45) is 3.81. The number of rotatable bonds is 3. The summed E-state index contributed by atoms with van der Waals surface area (Å²) < 4.78 is 0. The summed E-state index contributed by atoms with van der Waals surface area (Å²) >= 11 is 0. The summed E-state index contributed by atoms with van der Waals surface area (Å²) in [4.78, 5) is 4.43. The molecular weight excluding hydrogens is 434 g/mol. The third-order valence-electron chi connectivity index (χ3n) is 7.16. The molecule has 1 nitrogen and oxygen atoms in total. The van der Waals surface area contributed by atoms with Crippen molar-refractivity contribution in [1.82, 2.24) is 4.98 Å². The molecule has 1 aromatic heterocycles. The maximum atomic E-state index is 4.43. The van der Waals surface area contributed by atoms with Gasteiger partial charge in [-0.15, -0.1) is 0 Å². The highest BCUT2D eigenvalue weighted by molar-refractivity contribution is 6.24. The molecule has 36 heavy (non-hydrogen) atoms. The van der Waals surface area contributed by atoms with Gasteiger partial charge in [0, 0.05) is 18.0 Å². The minimum Gasteiger partial charge on any atom is -0.264 e. The maximum absolute atomic E-state index is 4.43. The number of benzene rings is 6. The van der Waals surface area contributed by atoms with E-state index in [-0.39, 0.29) is 0 Å². The lowest BCUT2D eigenvalue weighted by Gasteiger charge is -2.19. The van der Waals surface area contributed by atoms with Gasteiger partial charge < -0.3 is 0 Å². The van der Waals surface area contributed by atoms with E-state index >= 15 is 0 Å². The molecule has 0 aliphatic carbocycles. The van der Waals surface area contributed by atoms with E-state index in [1.807, 2.05) is 18.5 Å². The quantitative estimate of drug-likeness (QED) is 0.241. The zero-order valence-corrected chi connectivity index (χ0v) is 19.7. The van der Waals surface area contributed by atoms with E-state index in [0.29, 0.717) is 0 Å². The summed E-state index contributed by atoms with van der Waals surface area (Å²) in [5.41, 5.74) is 7.42.